The number of nitrogens with one attached hydrogen (secondary N) is 3. The summed E-state index contributed by atoms with van der Waals surface area (Å²) >= 11 is 0. The van der Waals surface area contributed by atoms with E-state index < -0.39 is 36.8 Å². The van der Waals surface area contributed by atoms with Crippen LogP contribution in [0.4, 0.5) is 42.6 Å². The van der Waals surface area contributed by atoms with Crippen molar-refractivity contribution in [2.75, 3.05) is 30.4 Å². The predicted octanol–water partition coefficient (Wildman–Crippen LogP) is 4.53. The van der Waals surface area contributed by atoms with Crippen molar-refractivity contribution < 1.29 is 45.4 Å². The molecular formula is C20H23F6N5O4. The lowest BCUT2D eigenvalue weighted by Gasteiger charge is -2.10. The minimum absolute atomic E-state index is 0.00843. The van der Waals surface area contributed by atoms with E-state index in [1.807, 2.05) is 6.92 Å². The van der Waals surface area contributed by atoms with E-state index in [9.17, 15) is 35.9 Å². The van der Waals surface area contributed by atoms with Crippen LogP contribution in [0.2, 0.25) is 0 Å². The fraction of sp³-hybridized carbons (Fsp3) is 0.450. The molecule has 1 aromatic carbocycles. The molecule has 194 valence electrons. The molecule has 0 fully saturated rings. The van der Waals surface area contributed by atoms with Gasteiger partial charge in [-0.2, -0.15) is 13.2 Å². The Bertz CT molecular complexity index is 976. The Morgan fingerprint density at radius 2 is 1.74 bits per heavy atom. The average Bonchev–Trinajstić information content (AvgIpc) is 3.13. The Hall–Kier alpha value is -3.49. The molecule has 2 aromatic rings. The molecule has 35 heavy (non-hydrogen) atoms. The van der Waals surface area contributed by atoms with Gasteiger partial charge in [0, 0.05) is 25.0 Å². The van der Waals surface area contributed by atoms with Gasteiger partial charge in [-0.3, -0.25) is 10.1 Å². The van der Waals surface area contributed by atoms with Crippen molar-refractivity contribution in [3.63, 3.8) is 0 Å². The lowest BCUT2D eigenvalue weighted by atomic mass is 10.3. The zero-order valence-electron chi connectivity index (χ0n) is 18.4. The molecule has 3 N–H and O–H groups in total. The van der Waals surface area contributed by atoms with E-state index in [0.717, 1.165) is 18.6 Å². The van der Waals surface area contributed by atoms with Crippen LogP contribution in [0.3, 0.4) is 0 Å². The van der Waals surface area contributed by atoms with Crippen LogP contribution in [0.15, 0.2) is 30.5 Å². The van der Waals surface area contributed by atoms with Crippen LogP contribution in [-0.2, 0) is 11.3 Å². The number of rotatable bonds is 11. The van der Waals surface area contributed by atoms with E-state index in [0.29, 0.717) is 13.0 Å². The summed E-state index contributed by atoms with van der Waals surface area (Å²) in [7, 11) is 0. The van der Waals surface area contributed by atoms with Gasteiger partial charge in [0.2, 0.25) is 5.82 Å². The highest BCUT2D eigenvalue weighted by Crippen LogP contribution is 2.24. The molecule has 0 aliphatic heterocycles. The van der Waals surface area contributed by atoms with E-state index >= 15 is 0 Å². The topological polar surface area (TPSA) is 107 Å². The Balaban J connectivity index is 1.96. The van der Waals surface area contributed by atoms with Crippen molar-refractivity contribution in [1.82, 2.24) is 14.9 Å². The highest BCUT2D eigenvalue weighted by atomic mass is 19.4. The van der Waals surface area contributed by atoms with Crippen LogP contribution in [0.25, 0.3) is 0 Å². The second-order valence-corrected chi connectivity index (χ2v) is 7.07. The third-order valence-corrected chi connectivity index (χ3v) is 4.12. The van der Waals surface area contributed by atoms with Gasteiger partial charge >= 0.3 is 18.6 Å². The van der Waals surface area contributed by atoms with E-state index in [2.05, 4.69) is 30.4 Å². The zero-order valence-corrected chi connectivity index (χ0v) is 18.4. The number of hydrogen-bond acceptors (Lipinski definition) is 5. The summed E-state index contributed by atoms with van der Waals surface area (Å²) in [5, 5.41) is 7.20. The fourth-order valence-electron chi connectivity index (χ4n) is 2.68. The van der Waals surface area contributed by atoms with Gasteiger partial charge < -0.3 is 24.7 Å². The first-order valence-corrected chi connectivity index (χ1v) is 10.3. The first-order chi connectivity index (χ1) is 16.4. The molecule has 2 rings (SSSR count). The van der Waals surface area contributed by atoms with Gasteiger partial charge in [-0.05, 0) is 30.7 Å². The smallest absolute Gasteiger partial charge is 0.406 e. The third kappa shape index (κ3) is 10.5. The monoisotopic (exact) mass is 511 g/mol. The van der Waals surface area contributed by atoms with Crippen LogP contribution in [0.1, 0.15) is 30.4 Å². The van der Waals surface area contributed by atoms with Gasteiger partial charge in [0.25, 0.3) is 5.91 Å². The Kier molecular flexibility index (Phi) is 9.74. The molecule has 9 nitrogen and oxygen atoms in total. The number of alkyl halides is 6. The van der Waals surface area contributed by atoms with Crippen molar-refractivity contribution in [3.05, 3.63) is 36.3 Å². The maximum Gasteiger partial charge on any atom is 0.573 e. The van der Waals surface area contributed by atoms with Crippen molar-refractivity contribution >= 4 is 23.4 Å². The van der Waals surface area contributed by atoms with Gasteiger partial charge in [-0.25, -0.2) is 9.78 Å². The molecule has 0 spiro atoms. The molecule has 15 heteroatoms. The standard InChI is InChI=1S/C20H23F6N5O4/c1-2-3-9-31-11-15(29-16(31)17(32)27-8-10-34-12-19(21,22)23)30-18(33)28-13-4-6-14(7-5-13)35-20(24,25)26/h4-7,11H,2-3,8-10,12H2,1H3,(H,27,32)(H2,28,30,33). The Morgan fingerprint density at radius 1 is 1.06 bits per heavy atom. The number of aromatic nitrogens is 2. The lowest BCUT2D eigenvalue weighted by Crippen LogP contribution is -2.31. The molecular weight excluding hydrogens is 488 g/mol. The number of amides is 3. The number of urea groups is 1. The molecule has 0 saturated carbocycles. The maximum atomic E-state index is 12.4. The molecule has 1 heterocycles. The van der Waals surface area contributed by atoms with Crippen LogP contribution < -0.4 is 20.7 Å². The number of imidazole rings is 1. The minimum atomic E-state index is -4.84. The van der Waals surface area contributed by atoms with Gasteiger partial charge in [-0.15, -0.1) is 13.2 Å². The van der Waals surface area contributed by atoms with Gasteiger partial charge in [0.15, 0.2) is 5.82 Å². The van der Waals surface area contributed by atoms with Gasteiger partial charge in [0.05, 0.1) is 6.61 Å². The quantitative estimate of drug-likeness (QED) is 0.304. The van der Waals surface area contributed by atoms with Gasteiger partial charge in [0.1, 0.15) is 12.4 Å². The summed E-state index contributed by atoms with van der Waals surface area (Å²) in [5.41, 5.74) is 0.166. The second kappa shape index (κ2) is 12.3. The normalized spacial score (nSPS) is 11.7. The number of unbranched alkanes of at least 4 members (excludes halogenated alkanes) is 1. The SMILES string of the molecule is CCCCn1cc(NC(=O)Nc2ccc(OC(F)(F)F)cc2)nc1C(=O)NCCOCC(F)(F)F. The molecule has 1 aromatic heterocycles. The summed E-state index contributed by atoms with van der Waals surface area (Å²) < 4.78 is 82.6. The summed E-state index contributed by atoms with van der Waals surface area (Å²) in [6.45, 7) is 0.330. The van der Waals surface area contributed by atoms with Crippen molar-refractivity contribution in [3.8, 4) is 5.75 Å². The minimum Gasteiger partial charge on any atom is -0.406 e. The summed E-state index contributed by atoms with van der Waals surface area (Å²) in [4.78, 5) is 28.7. The number of nitrogens with zero attached hydrogens (tertiary/aromatic N) is 2. The maximum absolute atomic E-state index is 12.4. The number of benzene rings is 1. The molecule has 0 bridgehead atoms. The summed E-state index contributed by atoms with van der Waals surface area (Å²) in [6.07, 6.45) is -6.43. The van der Waals surface area contributed by atoms with E-state index in [1.165, 1.54) is 22.9 Å². The van der Waals surface area contributed by atoms with Crippen LogP contribution >= 0.6 is 0 Å². The summed E-state index contributed by atoms with van der Waals surface area (Å²) in [6, 6.07) is 3.65. The third-order valence-electron chi connectivity index (χ3n) is 4.12. The van der Waals surface area contributed by atoms with Gasteiger partial charge in [-0.1, -0.05) is 13.3 Å². The zero-order chi connectivity index (χ0) is 26.1. The second-order valence-electron chi connectivity index (χ2n) is 7.07. The highest BCUT2D eigenvalue weighted by Gasteiger charge is 2.31. The Labute approximate surface area is 195 Å². The Morgan fingerprint density at radius 3 is 2.34 bits per heavy atom. The van der Waals surface area contributed by atoms with Crippen LogP contribution in [-0.4, -0.2) is 53.8 Å². The number of hydrogen-bond donors (Lipinski definition) is 3. The average molecular weight is 511 g/mol. The number of aryl methyl sites for hydroxylation is 1. The number of ether oxygens (including phenoxy) is 2. The first-order valence-electron chi connectivity index (χ1n) is 10.3. The molecule has 0 saturated heterocycles. The number of carbonyl (C=O) groups excluding carboxylic acids is 2. The number of anilines is 2. The predicted molar refractivity (Wildman–Crippen MR) is 112 cm³/mol. The molecule has 0 unspecified atom stereocenters. The largest absolute Gasteiger partial charge is 0.573 e. The highest BCUT2D eigenvalue weighted by molar-refractivity contribution is 5.99. The van der Waals surface area contributed by atoms with Crippen molar-refractivity contribution in [2.45, 2.75) is 38.8 Å². The first kappa shape index (κ1) is 27.8. The molecule has 0 aliphatic rings. The van der Waals surface area contributed by atoms with E-state index in [4.69, 9.17) is 0 Å². The molecule has 0 aliphatic carbocycles. The van der Waals surface area contributed by atoms with E-state index in [-0.39, 0.29) is 30.5 Å². The summed E-state index contributed by atoms with van der Waals surface area (Å²) in [5.74, 6) is -1.20. The fourth-order valence-corrected chi connectivity index (χ4v) is 2.68. The number of halogens is 6. The van der Waals surface area contributed by atoms with Crippen LogP contribution in [0.5, 0.6) is 5.75 Å². The van der Waals surface area contributed by atoms with Crippen molar-refractivity contribution in [2.24, 2.45) is 0 Å². The lowest BCUT2D eigenvalue weighted by molar-refractivity contribution is -0.274. The van der Waals surface area contributed by atoms with Crippen LogP contribution in [0, 0.1) is 0 Å². The molecule has 3 amide bonds. The molecule has 0 atom stereocenters. The van der Waals surface area contributed by atoms with Crippen molar-refractivity contribution in [1.29, 1.82) is 0 Å². The molecule has 0 radical (unpaired) electrons. The number of carbonyl (C=O) groups is 2. The van der Waals surface area contributed by atoms with E-state index in [1.54, 1.807) is 0 Å².